The van der Waals surface area contributed by atoms with Gasteiger partial charge in [-0.1, -0.05) is 69.1 Å². The molecule has 1 amide bonds. The minimum Gasteiger partial charge on any atom is -0.618 e. The first kappa shape index (κ1) is 35.0. The molecule has 1 aliphatic rings. The Bertz CT molecular complexity index is 1710. The van der Waals surface area contributed by atoms with Crippen LogP contribution in [0.15, 0.2) is 90.6 Å². The Morgan fingerprint density at radius 1 is 1.00 bits per heavy atom. The third-order valence-corrected chi connectivity index (χ3v) is 8.45. The van der Waals surface area contributed by atoms with Gasteiger partial charge in [0.15, 0.2) is 12.3 Å². The van der Waals surface area contributed by atoms with Gasteiger partial charge in [0.25, 0.3) is 5.91 Å². The van der Waals surface area contributed by atoms with Gasteiger partial charge >= 0.3 is 0 Å². The van der Waals surface area contributed by atoms with Gasteiger partial charge < -0.3 is 30.0 Å². The average molecular weight is 670 g/mol. The van der Waals surface area contributed by atoms with Gasteiger partial charge in [0.05, 0.1) is 6.61 Å². The number of nitrogens with one attached hydrogen (secondary N) is 1. The third kappa shape index (κ3) is 9.16. The standard InChI is InChI=1S/C39H44ClN3O5/c1-4-5-20-47-21-22-48-35-14-8-28(9-15-35)30-10-16-36-32(23-30)24-31(18-19-42(36)25-27(2)3)39(45)41-34-12-6-29(7-13-34)38(44)37-17-11-33(40)26-43(37)46/h6-17,23-24,26-27,38,44H,4-5,18-22,25H2,1-3H3,(H,41,45). The van der Waals surface area contributed by atoms with E-state index >= 15 is 0 Å². The Hall–Kier alpha value is -4.37. The molecular weight excluding hydrogens is 626 g/mol. The third-order valence-electron chi connectivity index (χ3n) is 8.23. The summed E-state index contributed by atoms with van der Waals surface area (Å²) < 4.78 is 12.0. The molecule has 0 fully saturated rings. The fourth-order valence-corrected chi connectivity index (χ4v) is 5.86. The molecule has 0 radical (unpaired) electrons. The van der Waals surface area contributed by atoms with Gasteiger partial charge in [0.2, 0.25) is 5.69 Å². The van der Waals surface area contributed by atoms with E-state index < -0.39 is 6.10 Å². The minimum atomic E-state index is -1.13. The van der Waals surface area contributed by atoms with Crippen LogP contribution in [0.5, 0.6) is 5.75 Å². The molecule has 0 spiro atoms. The zero-order chi connectivity index (χ0) is 34.0. The highest BCUT2D eigenvalue weighted by molar-refractivity contribution is 6.30. The predicted molar refractivity (Wildman–Crippen MR) is 192 cm³/mol. The topological polar surface area (TPSA) is 98.0 Å². The van der Waals surface area contributed by atoms with Crippen LogP contribution in [0.3, 0.4) is 0 Å². The number of pyridine rings is 1. The van der Waals surface area contributed by atoms with Crippen LogP contribution >= 0.6 is 11.6 Å². The number of amides is 1. The highest BCUT2D eigenvalue weighted by atomic mass is 35.5. The van der Waals surface area contributed by atoms with E-state index in [9.17, 15) is 15.1 Å². The summed E-state index contributed by atoms with van der Waals surface area (Å²) in [6, 6.07) is 24.4. The number of anilines is 2. The summed E-state index contributed by atoms with van der Waals surface area (Å²) in [5.41, 5.74) is 6.18. The number of aliphatic hydroxyl groups excluding tert-OH is 1. The lowest BCUT2D eigenvalue weighted by Gasteiger charge is -2.27. The first-order chi connectivity index (χ1) is 23.2. The van der Waals surface area contributed by atoms with Crippen LogP contribution in [0.2, 0.25) is 5.02 Å². The van der Waals surface area contributed by atoms with E-state index in [1.807, 2.05) is 18.2 Å². The number of ether oxygens (including phenoxy) is 2. The maximum Gasteiger partial charge on any atom is 0.251 e. The number of nitrogens with zero attached hydrogens (tertiary/aromatic N) is 2. The minimum absolute atomic E-state index is 0.163. The van der Waals surface area contributed by atoms with Gasteiger partial charge in [0.1, 0.15) is 17.4 Å². The number of fused-ring (bicyclic) bond motifs is 1. The largest absolute Gasteiger partial charge is 0.618 e. The predicted octanol–water partition coefficient (Wildman–Crippen LogP) is 7.81. The van der Waals surface area contributed by atoms with Crippen LogP contribution in [0.4, 0.5) is 11.4 Å². The van der Waals surface area contributed by atoms with Crippen molar-refractivity contribution in [2.24, 2.45) is 5.92 Å². The Kier molecular flexibility index (Phi) is 12.1. The van der Waals surface area contributed by atoms with Crippen LogP contribution in [-0.4, -0.2) is 43.9 Å². The van der Waals surface area contributed by atoms with Crippen LogP contribution in [0.25, 0.3) is 17.2 Å². The van der Waals surface area contributed by atoms with Crippen molar-refractivity contribution in [1.82, 2.24) is 0 Å². The molecule has 252 valence electrons. The highest BCUT2D eigenvalue weighted by Gasteiger charge is 2.22. The number of aromatic nitrogens is 1. The van der Waals surface area contributed by atoms with Crippen molar-refractivity contribution in [3.63, 3.8) is 0 Å². The van der Waals surface area contributed by atoms with Crippen molar-refractivity contribution < 1.29 is 24.1 Å². The first-order valence-electron chi connectivity index (χ1n) is 16.6. The number of benzene rings is 3. The molecule has 4 aromatic rings. The molecule has 1 aromatic heterocycles. The second-order valence-electron chi connectivity index (χ2n) is 12.4. The monoisotopic (exact) mass is 669 g/mol. The number of unbranched alkanes of at least 4 members (excludes halogenated alkanes) is 1. The molecule has 1 unspecified atom stereocenters. The zero-order valence-corrected chi connectivity index (χ0v) is 28.6. The molecule has 0 bridgehead atoms. The number of rotatable bonds is 14. The van der Waals surface area contributed by atoms with Crippen molar-refractivity contribution in [1.29, 1.82) is 0 Å². The normalized spacial score (nSPS) is 13.5. The van der Waals surface area contributed by atoms with Crippen LogP contribution in [0.1, 0.15) is 63.0 Å². The van der Waals surface area contributed by atoms with Gasteiger partial charge in [-0.25, -0.2) is 0 Å². The van der Waals surface area contributed by atoms with Gasteiger partial charge in [0, 0.05) is 42.7 Å². The molecule has 48 heavy (non-hydrogen) atoms. The summed E-state index contributed by atoms with van der Waals surface area (Å²) >= 11 is 5.88. The summed E-state index contributed by atoms with van der Waals surface area (Å²) in [7, 11) is 0. The molecule has 2 heterocycles. The van der Waals surface area contributed by atoms with E-state index in [-0.39, 0.29) is 16.6 Å². The lowest BCUT2D eigenvalue weighted by molar-refractivity contribution is -0.617. The summed E-state index contributed by atoms with van der Waals surface area (Å²) in [4.78, 5) is 16.0. The smallest absolute Gasteiger partial charge is 0.251 e. The van der Waals surface area contributed by atoms with Crippen molar-refractivity contribution in [2.45, 2.75) is 46.1 Å². The molecule has 9 heteroatoms. The molecule has 0 aliphatic carbocycles. The Labute approximate surface area is 288 Å². The van der Waals surface area contributed by atoms with Gasteiger partial charge in [-0.15, -0.1) is 0 Å². The number of carbonyl (C=O) groups is 1. The summed E-state index contributed by atoms with van der Waals surface area (Å²) in [5, 5.41) is 26.3. The average Bonchev–Trinajstić information content (AvgIpc) is 3.25. The quantitative estimate of drug-likeness (QED) is 0.0808. The molecule has 8 nitrogen and oxygen atoms in total. The van der Waals surface area contributed by atoms with E-state index in [4.69, 9.17) is 21.1 Å². The van der Waals surface area contributed by atoms with Crippen LogP contribution in [0, 0.1) is 11.1 Å². The lowest BCUT2D eigenvalue weighted by Crippen LogP contribution is -2.33. The Morgan fingerprint density at radius 3 is 2.46 bits per heavy atom. The number of hydrogen-bond acceptors (Lipinski definition) is 6. The maximum absolute atomic E-state index is 13.6. The van der Waals surface area contributed by atoms with Gasteiger partial charge in [-0.3, -0.25) is 4.79 Å². The van der Waals surface area contributed by atoms with Crippen molar-refractivity contribution >= 4 is 35.0 Å². The second kappa shape index (κ2) is 16.6. The maximum atomic E-state index is 13.6. The van der Waals surface area contributed by atoms with Crippen molar-refractivity contribution in [3.05, 3.63) is 118 Å². The molecule has 3 aromatic carbocycles. The Morgan fingerprint density at radius 2 is 1.75 bits per heavy atom. The van der Waals surface area contributed by atoms with Crippen molar-refractivity contribution in [2.75, 3.05) is 43.1 Å². The van der Waals surface area contributed by atoms with Gasteiger partial charge in [-0.2, -0.15) is 4.73 Å². The van der Waals surface area contributed by atoms with E-state index in [0.717, 1.165) is 60.7 Å². The summed E-state index contributed by atoms with van der Waals surface area (Å²) in [6.07, 6.45) is 4.83. The molecule has 0 saturated heterocycles. The molecule has 5 rings (SSSR count). The van der Waals surface area contributed by atoms with Crippen LogP contribution < -0.4 is 19.7 Å². The van der Waals surface area contributed by atoms with E-state index in [1.165, 1.54) is 12.3 Å². The number of carbonyl (C=O) groups excluding carboxylic acids is 1. The SMILES string of the molecule is CCCCOCCOc1ccc(-c2ccc3c(c2)C=C(C(=O)Nc2ccc(C(O)c4ccc(Cl)c[n+]4[O-])cc2)CCN3CC(C)C)cc1. The number of hydrogen-bond donors (Lipinski definition) is 2. The van der Waals surface area contributed by atoms with E-state index in [1.54, 1.807) is 30.3 Å². The van der Waals surface area contributed by atoms with E-state index in [2.05, 4.69) is 61.3 Å². The first-order valence-corrected chi connectivity index (χ1v) is 17.0. The molecule has 0 saturated carbocycles. The Balaban J connectivity index is 1.31. The van der Waals surface area contributed by atoms with E-state index in [0.29, 0.717) is 47.1 Å². The van der Waals surface area contributed by atoms with Crippen molar-refractivity contribution in [3.8, 4) is 16.9 Å². The molecule has 1 aliphatic heterocycles. The summed E-state index contributed by atoms with van der Waals surface area (Å²) in [6.45, 7) is 9.99. The number of halogens is 1. The lowest BCUT2D eigenvalue weighted by atomic mass is 10.00. The van der Waals surface area contributed by atoms with Crippen LogP contribution in [-0.2, 0) is 9.53 Å². The number of aliphatic hydroxyl groups is 1. The summed E-state index contributed by atoms with van der Waals surface area (Å²) in [5.74, 6) is 1.08. The molecular formula is C39H44ClN3O5. The second-order valence-corrected chi connectivity index (χ2v) is 12.9. The fraction of sp³-hybridized carbons (Fsp3) is 0.333. The molecule has 1 atom stereocenters. The molecule has 2 N–H and O–H groups in total. The zero-order valence-electron chi connectivity index (χ0n) is 27.8. The van der Waals surface area contributed by atoms with Gasteiger partial charge in [-0.05, 0) is 89.6 Å². The fourth-order valence-electron chi connectivity index (χ4n) is 5.70. The highest BCUT2D eigenvalue weighted by Crippen LogP contribution is 2.34.